The van der Waals surface area contributed by atoms with Crippen LogP contribution in [0.5, 0.6) is 0 Å². The largest absolute Gasteiger partial charge is 0.374 e. The van der Waals surface area contributed by atoms with Gasteiger partial charge in [0.05, 0.1) is 31.3 Å². The van der Waals surface area contributed by atoms with Gasteiger partial charge in [-0.05, 0) is 26.3 Å². The summed E-state index contributed by atoms with van der Waals surface area (Å²) in [7, 11) is 0. The van der Waals surface area contributed by atoms with Gasteiger partial charge in [-0.25, -0.2) is 4.98 Å². The van der Waals surface area contributed by atoms with Crippen molar-refractivity contribution < 1.29 is 4.74 Å². The maximum absolute atomic E-state index is 5.88. The zero-order valence-corrected chi connectivity index (χ0v) is 13.9. The Labute approximate surface area is 128 Å². The molecule has 1 saturated heterocycles. The Morgan fingerprint density at radius 1 is 1.38 bits per heavy atom. The summed E-state index contributed by atoms with van der Waals surface area (Å²) < 4.78 is 8.03. The lowest BCUT2D eigenvalue weighted by molar-refractivity contribution is -0.0456. The number of imidazole rings is 1. The second-order valence-corrected chi connectivity index (χ2v) is 6.67. The van der Waals surface area contributed by atoms with Crippen LogP contribution in [0.2, 0.25) is 0 Å². The summed E-state index contributed by atoms with van der Waals surface area (Å²) in [6.07, 6.45) is 4.32. The Hall–Kier alpha value is -0.910. The smallest absolute Gasteiger partial charge is 0.0950 e. The molecule has 0 aromatic carbocycles. The van der Waals surface area contributed by atoms with Crippen LogP contribution in [-0.2, 0) is 17.8 Å². The normalized spacial score (nSPS) is 20.6. The van der Waals surface area contributed by atoms with Gasteiger partial charge in [0.25, 0.3) is 0 Å². The predicted molar refractivity (Wildman–Crippen MR) is 85.2 cm³/mol. The lowest BCUT2D eigenvalue weighted by Crippen LogP contribution is -2.47. The summed E-state index contributed by atoms with van der Waals surface area (Å²) in [5.41, 5.74) is 1.10. The Balaban J connectivity index is 1.79. The minimum atomic E-state index is 0.270. The van der Waals surface area contributed by atoms with E-state index < -0.39 is 0 Å². The molecule has 1 aliphatic heterocycles. The minimum absolute atomic E-state index is 0.270. The van der Waals surface area contributed by atoms with Crippen LogP contribution < -0.4 is 5.32 Å². The molecule has 1 aromatic heterocycles. The van der Waals surface area contributed by atoms with E-state index in [4.69, 9.17) is 4.74 Å². The summed E-state index contributed by atoms with van der Waals surface area (Å²) in [5.74, 6) is 0.671. The van der Waals surface area contributed by atoms with E-state index in [1.54, 1.807) is 0 Å². The first kappa shape index (κ1) is 16.5. The minimum Gasteiger partial charge on any atom is -0.374 e. The fraction of sp³-hybridized carbons (Fsp3) is 0.812. The lowest BCUT2D eigenvalue weighted by Gasteiger charge is -2.35. The van der Waals surface area contributed by atoms with Crippen molar-refractivity contribution in [3.05, 3.63) is 18.2 Å². The van der Waals surface area contributed by atoms with Crippen molar-refractivity contribution in [1.82, 2.24) is 19.8 Å². The first-order chi connectivity index (χ1) is 10.0. The third-order valence-electron chi connectivity index (χ3n) is 3.86. The van der Waals surface area contributed by atoms with Gasteiger partial charge in [-0.1, -0.05) is 13.8 Å². The van der Waals surface area contributed by atoms with Gasteiger partial charge < -0.3 is 14.6 Å². The Kier molecular flexibility index (Phi) is 6.21. The molecule has 5 heteroatoms. The Morgan fingerprint density at radius 3 is 2.90 bits per heavy atom. The molecular weight excluding hydrogens is 264 g/mol. The Bertz CT molecular complexity index is 416. The standard InChI is InChI=1S/C16H30N4O/c1-13(2)7-17-8-15-9-19(12-18-15)10-16-11-20(14(3)4)5-6-21-16/h9,12-14,16-17H,5-8,10-11H2,1-4H3. The van der Waals surface area contributed by atoms with Gasteiger partial charge in [0.2, 0.25) is 0 Å². The maximum Gasteiger partial charge on any atom is 0.0950 e. The van der Waals surface area contributed by atoms with Crippen molar-refractivity contribution in [2.24, 2.45) is 5.92 Å². The molecule has 2 rings (SSSR count). The van der Waals surface area contributed by atoms with Crippen LogP contribution >= 0.6 is 0 Å². The van der Waals surface area contributed by atoms with E-state index in [-0.39, 0.29) is 6.10 Å². The summed E-state index contributed by atoms with van der Waals surface area (Å²) in [6, 6.07) is 0.593. The van der Waals surface area contributed by atoms with Gasteiger partial charge in [0.15, 0.2) is 0 Å². The highest BCUT2D eigenvalue weighted by atomic mass is 16.5. The molecule has 0 radical (unpaired) electrons. The third-order valence-corrected chi connectivity index (χ3v) is 3.86. The summed E-state index contributed by atoms with van der Waals surface area (Å²) in [5, 5.41) is 3.42. The highest BCUT2D eigenvalue weighted by molar-refractivity contribution is 4.96. The van der Waals surface area contributed by atoms with E-state index in [0.29, 0.717) is 12.0 Å². The second kappa shape index (κ2) is 7.92. The number of rotatable bonds is 7. The van der Waals surface area contributed by atoms with Crippen LogP contribution in [0, 0.1) is 5.92 Å². The average Bonchev–Trinajstić information content (AvgIpc) is 2.86. The van der Waals surface area contributed by atoms with E-state index in [1.165, 1.54) is 0 Å². The number of ether oxygens (including phenoxy) is 1. The van der Waals surface area contributed by atoms with Crippen LogP contribution in [0.4, 0.5) is 0 Å². The van der Waals surface area contributed by atoms with Gasteiger partial charge >= 0.3 is 0 Å². The number of nitrogens with one attached hydrogen (secondary N) is 1. The van der Waals surface area contributed by atoms with Gasteiger partial charge in [-0.2, -0.15) is 0 Å². The van der Waals surface area contributed by atoms with Crippen molar-refractivity contribution in [1.29, 1.82) is 0 Å². The first-order valence-corrected chi connectivity index (χ1v) is 8.11. The predicted octanol–water partition coefficient (Wildman–Crippen LogP) is 1.74. The number of nitrogens with zero attached hydrogens (tertiary/aromatic N) is 3. The van der Waals surface area contributed by atoms with E-state index in [1.807, 2.05) is 6.33 Å². The zero-order valence-electron chi connectivity index (χ0n) is 13.9. The molecule has 1 unspecified atom stereocenters. The maximum atomic E-state index is 5.88. The molecule has 0 saturated carbocycles. The van der Waals surface area contributed by atoms with Crippen molar-refractivity contribution in [3.63, 3.8) is 0 Å². The summed E-state index contributed by atoms with van der Waals surface area (Å²) >= 11 is 0. The van der Waals surface area contributed by atoms with Gasteiger partial charge in [0, 0.05) is 31.9 Å². The third kappa shape index (κ3) is 5.41. The molecular formula is C16H30N4O. The molecule has 1 aromatic rings. The first-order valence-electron chi connectivity index (χ1n) is 8.11. The molecule has 0 aliphatic carbocycles. The molecule has 2 heterocycles. The van der Waals surface area contributed by atoms with Gasteiger partial charge in [-0.15, -0.1) is 0 Å². The molecule has 0 bridgehead atoms. The number of aromatic nitrogens is 2. The molecule has 1 fully saturated rings. The van der Waals surface area contributed by atoms with Crippen LogP contribution in [0.3, 0.4) is 0 Å². The zero-order chi connectivity index (χ0) is 15.2. The van der Waals surface area contributed by atoms with E-state index >= 15 is 0 Å². The molecule has 5 nitrogen and oxygen atoms in total. The van der Waals surface area contributed by atoms with Crippen molar-refractivity contribution >= 4 is 0 Å². The number of hydrogen-bond acceptors (Lipinski definition) is 4. The summed E-state index contributed by atoms with van der Waals surface area (Å²) in [4.78, 5) is 6.95. The number of hydrogen-bond donors (Lipinski definition) is 1. The van der Waals surface area contributed by atoms with Crippen LogP contribution in [-0.4, -0.2) is 52.8 Å². The SMILES string of the molecule is CC(C)CNCc1cn(CC2CN(C(C)C)CCO2)cn1. The monoisotopic (exact) mass is 294 g/mol. The van der Waals surface area contributed by atoms with Crippen molar-refractivity contribution in [3.8, 4) is 0 Å². The highest BCUT2D eigenvalue weighted by Crippen LogP contribution is 2.11. The highest BCUT2D eigenvalue weighted by Gasteiger charge is 2.22. The van der Waals surface area contributed by atoms with Crippen LogP contribution in [0.1, 0.15) is 33.4 Å². The van der Waals surface area contributed by atoms with Crippen LogP contribution in [0.15, 0.2) is 12.5 Å². The molecule has 0 spiro atoms. The molecule has 21 heavy (non-hydrogen) atoms. The fourth-order valence-corrected chi connectivity index (χ4v) is 2.64. The van der Waals surface area contributed by atoms with Crippen LogP contribution in [0.25, 0.3) is 0 Å². The molecule has 1 aliphatic rings. The molecule has 1 N–H and O–H groups in total. The fourth-order valence-electron chi connectivity index (χ4n) is 2.64. The summed E-state index contributed by atoms with van der Waals surface area (Å²) in [6.45, 7) is 14.6. The topological polar surface area (TPSA) is 42.3 Å². The van der Waals surface area contributed by atoms with Gasteiger partial charge in [0.1, 0.15) is 0 Å². The average molecular weight is 294 g/mol. The lowest BCUT2D eigenvalue weighted by atomic mass is 10.2. The molecule has 1 atom stereocenters. The van der Waals surface area contributed by atoms with E-state index in [0.717, 1.165) is 45.0 Å². The Morgan fingerprint density at radius 2 is 2.19 bits per heavy atom. The number of morpholine rings is 1. The quantitative estimate of drug-likeness (QED) is 0.832. The molecule has 0 amide bonds. The molecule has 120 valence electrons. The van der Waals surface area contributed by atoms with Gasteiger partial charge in [-0.3, -0.25) is 4.90 Å². The van der Waals surface area contributed by atoms with E-state index in [9.17, 15) is 0 Å². The van der Waals surface area contributed by atoms with Crippen molar-refractivity contribution in [2.45, 2.75) is 52.9 Å². The van der Waals surface area contributed by atoms with Crippen molar-refractivity contribution in [2.75, 3.05) is 26.2 Å². The van der Waals surface area contributed by atoms with E-state index in [2.05, 4.69) is 53.7 Å². The second-order valence-electron chi connectivity index (χ2n) is 6.67.